The lowest BCUT2D eigenvalue weighted by molar-refractivity contribution is 0.315. The maximum absolute atomic E-state index is 5.70. The summed E-state index contributed by atoms with van der Waals surface area (Å²) >= 11 is 0. The summed E-state index contributed by atoms with van der Waals surface area (Å²) in [6, 6.07) is 10.2. The molecule has 2 nitrogen and oxygen atoms in total. The van der Waals surface area contributed by atoms with Crippen molar-refractivity contribution < 1.29 is 9.47 Å². The van der Waals surface area contributed by atoms with E-state index in [0.717, 1.165) is 16.9 Å². The SMILES string of the molecule is CCOc1c(OC)ccc2cccc(C)c12. The van der Waals surface area contributed by atoms with Crippen LogP contribution in [0.3, 0.4) is 0 Å². The highest BCUT2D eigenvalue weighted by atomic mass is 16.5. The van der Waals surface area contributed by atoms with Gasteiger partial charge in [0.15, 0.2) is 11.5 Å². The van der Waals surface area contributed by atoms with Crippen molar-refractivity contribution in [3.63, 3.8) is 0 Å². The van der Waals surface area contributed by atoms with E-state index in [0.29, 0.717) is 6.61 Å². The highest BCUT2D eigenvalue weighted by Gasteiger charge is 2.10. The van der Waals surface area contributed by atoms with Crippen molar-refractivity contribution in [2.75, 3.05) is 13.7 Å². The zero-order chi connectivity index (χ0) is 11.5. The molecular formula is C14H16O2. The zero-order valence-electron chi connectivity index (χ0n) is 9.91. The van der Waals surface area contributed by atoms with Gasteiger partial charge < -0.3 is 9.47 Å². The minimum Gasteiger partial charge on any atom is -0.493 e. The Morgan fingerprint density at radius 3 is 2.62 bits per heavy atom. The number of methoxy groups -OCH3 is 1. The third kappa shape index (κ3) is 1.71. The molecule has 0 bridgehead atoms. The Balaban J connectivity index is 2.76. The second-order valence-corrected chi connectivity index (χ2v) is 3.70. The fraction of sp³-hybridized carbons (Fsp3) is 0.286. The summed E-state index contributed by atoms with van der Waals surface area (Å²) in [4.78, 5) is 0. The van der Waals surface area contributed by atoms with Crippen LogP contribution >= 0.6 is 0 Å². The van der Waals surface area contributed by atoms with E-state index in [1.54, 1.807) is 7.11 Å². The first-order valence-corrected chi connectivity index (χ1v) is 5.47. The smallest absolute Gasteiger partial charge is 0.169 e. The van der Waals surface area contributed by atoms with Gasteiger partial charge >= 0.3 is 0 Å². The molecule has 0 radical (unpaired) electrons. The Kier molecular flexibility index (Phi) is 3.00. The molecule has 0 atom stereocenters. The molecule has 0 spiro atoms. The predicted molar refractivity (Wildman–Crippen MR) is 66.4 cm³/mol. The minimum atomic E-state index is 0.643. The summed E-state index contributed by atoms with van der Waals surface area (Å²) in [5, 5.41) is 2.33. The topological polar surface area (TPSA) is 18.5 Å². The normalized spacial score (nSPS) is 10.4. The first-order chi connectivity index (χ1) is 7.77. The maximum Gasteiger partial charge on any atom is 0.169 e. The summed E-state index contributed by atoms with van der Waals surface area (Å²) < 4.78 is 11.0. The lowest BCUT2D eigenvalue weighted by Crippen LogP contribution is -1.97. The van der Waals surface area contributed by atoms with Gasteiger partial charge in [0.1, 0.15) is 0 Å². The number of rotatable bonds is 3. The summed E-state index contributed by atoms with van der Waals surface area (Å²) in [6.45, 7) is 4.71. The molecule has 2 aromatic carbocycles. The third-order valence-electron chi connectivity index (χ3n) is 2.68. The Bertz CT molecular complexity index is 503. The van der Waals surface area contributed by atoms with Crippen LogP contribution in [0.5, 0.6) is 11.5 Å². The van der Waals surface area contributed by atoms with Crippen LogP contribution in [0.15, 0.2) is 30.3 Å². The summed E-state index contributed by atoms with van der Waals surface area (Å²) in [6.07, 6.45) is 0. The number of ether oxygens (including phenoxy) is 2. The van der Waals surface area contributed by atoms with Crippen molar-refractivity contribution in [3.8, 4) is 11.5 Å². The molecule has 0 aliphatic rings. The van der Waals surface area contributed by atoms with Crippen LogP contribution in [0.2, 0.25) is 0 Å². The third-order valence-corrected chi connectivity index (χ3v) is 2.68. The van der Waals surface area contributed by atoms with E-state index in [4.69, 9.17) is 9.47 Å². The van der Waals surface area contributed by atoms with Crippen molar-refractivity contribution in [1.29, 1.82) is 0 Å². The average Bonchev–Trinajstić information content (AvgIpc) is 2.30. The van der Waals surface area contributed by atoms with E-state index < -0.39 is 0 Å². The zero-order valence-corrected chi connectivity index (χ0v) is 9.91. The van der Waals surface area contributed by atoms with Gasteiger partial charge in [-0.05, 0) is 30.9 Å². The molecule has 2 rings (SSSR count). The summed E-state index contributed by atoms with van der Waals surface area (Å²) in [5.41, 5.74) is 1.21. The molecule has 0 unspecified atom stereocenters. The number of aryl methyl sites for hydroxylation is 1. The second kappa shape index (κ2) is 4.44. The van der Waals surface area contributed by atoms with Crippen molar-refractivity contribution in [1.82, 2.24) is 0 Å². The Labute approximate surface area is 95.8 Å². The first kappa shape index (κ1) is 10.8. The summed E-state index contributed by atoms with van der Waals surface area (Å²) in [5.74, 6) is 1.64. The highest BCUT2D eigenvalue weighted by Crippen LogP contribution is 2.37. The molecule has 0 amide bonds. The maximum atomic E-state index is 5.70. The first-order valence-electron chi connectivity index (χ1n) is 5.47. The number of hydrogen-bond acceptors (Lipinski definition) is 2. The van der Waals surface area contributed by atoms with Crippen LogP contribution in [0.1, 0.15) is 12.5 Å². The molecule has 0 aliphatic carbocycles. The van der Waals surface area contributed by atoms with Gasteiger partial charge in [-0.1, -0.05) is 24.3 Å². The molecule has 16 heavy (non-hydrogen) atoms. The Hall–Kier alpha value is -1.70. The Morgan fingerprint density at radius 1 is 1.12 bits per heavy atom. The fourth-order valence-corrected chi connectivity index (χ4v) is 1.95. The number of hydrogen-bond donors (Lipinski definition) is 0. The lowest BCUT2D eigenvalue weighted by atomic mass is 10.0. The lowest BCUT2D eigenvalue weighted by Gasteiger charge is -2.13. The molecular weight excluding hydrogens is 200 g/mol. The van der Waals surface area contributed by atoms with Crippen LogP contribution in [-0.4, -0.2) is 13.7 Å². The van der Waals surface area contributed by atoms with Crippen molar-refractivity contribution in [2.24, 2.45) is 0 Å². The van der Waals surface area contributed by atoms with Gasteiger partial charge in [-0.3, -0.25) is 0 Å². The molecule has 84 valence electrons. The monoisotopic (exact) mass is 216 g/mol. The van der Waals surface area contributed by atoms with Gasteiger partial charge in [-0.15, -0.1) is 0 Å². The van der Waals surface area contributed by atoms with Crippen LogP contribution in [0.25, 0.3) is 10.8 Å². The molecule has 0 N–H and O–H groups in total. The Morgan fingerprint density at radius 2 is 1.94 bits per heavy atom. The van der Waals surface area contributed by atoms with Crippen molar-refractivity contribution >= 4 is 10.8 Å². The van der Waals surface area contributed by atoms with E-state index in [-0.39, 0.29) is 0 Å². The highest BCUT2D eigenvalue weighted by molar-refractivity contribution is 5.93. The second-order valence-electron chi connectivity index (χ2n) is 3.70. The largest absolute Gasteiger partial charge is 0.493 e. The van der Waals surface area contributed by atoms with Gasteiger partial charge in [0.2, 0.25) is 0 Å². The standard InChI is InChI=1S/C14H16O2/c1-4-16-14-12(15-3)9-8-11-7-5-6-10(2)13(11)14/h5-9H,4H2,1-3H3. The van der Waals surface area contributed by atoms with Gasteiger partial charge in [-0.2, -0.15) is 0 Å². The fourth-order valence-electron chi connectivity index (χ4n) is 1.95. The molecule has 0 aromatic heterocycles. The van der Waals surface area contributed by atoms with E-state index in [1.165, 1.54) is 10.9 Å². The van der Waals surface area contributed by atoms with Crippen LogP contribution in [0.4, 0.5) is 0 Å². The predicted octanol–water partition coefficient (Wildman–Crippen LogP) is 3.56. The van der Waals surface area contributed by atoms with E-state index >= 15 is 0 Å². The molecule has 0 saturated carbocycles. The van der Waals surface area contributed by atoms with Crippen LogP contribution in [-0.2, 0) is 0 Å². The van der Waals surface area contributed by atoms with Gasteiger partial charge in [0.25, 0.3) is 0 Å². The quantitative estimate of drug-likeness (QED) is 0.781. The molecule has 0 fully saturated rings. The van der Waals surface area contributed by atoms with E-state index in [2.05, 4.69) is 31.2 Å². The number of benzene rings is 2. The average molecular weight is 216 g/mol. The number of fused-ring (bicyclic) bond motifs is 1. The van der Waals surface area contributed by atoms with Crippen molar-refractivity contribution in [2.45, 2.75) is 13.8 Å². The van der Waals surface area contributed by atoms with Crippen LogP contribution < -0.4 is 9.47 Å². The molecule has 0 aliphatic heterocycles. The van der Waals surface area contributed by atoms with Gasteiger partial charge in [-0.25, -0.2) is 0 Å². The van der Waals surface area contributed by atoms with Gasteiger partial charge in [0.05, 0.1) is 13.7 Å². The van der Waals surface area contributed by atoms with Gasteiger partial charge in [0, 0.05) is 5.39 Å². The summed E-state index contributed by atoms with van der Waals surface area (Å²) in [7, 11) is 1.67. The molecule has 2 heteroatoms. The van der Waals surface area contributed by atoms with Crippen LogP contribution in [0, 0.1) is 6.92 Å². The van der Waals surface area contributed by atoms with Crippen molar-refractivity contribution in [3.05, 3.63) is 35.9 Å². The molecule has 2 aromatic rings. The van der Waals surface area contributed by atoms with E-state index in [1.807, 2.05) is 13.0 Å². The molecule has 0 heterocycles. The van der Waals surface area contributed by atoms with E-state index in [9.17, 15) is 0 Å². The minimum absolute atomic E-state index is 0.643. The molecule has 0 saturated heterocycles.